The lowest BCUT2D eigenvalue weighted by atomic mass is 10.1. The third-order valence-corrected chi connectivity index (χ3v) is 3.29. The van der Waals surface area contributed by atoms with E-state index in [0.717, 1.165) is 13.1 Å². The Bertz CT molecular complexity index is 464. The molecule has 1 heterocycles. The molecule has 1 saturated heterocycles. The molecule has 24 heavy (non-hydrogen) atoms. The van der Waals surface area contributed by atoms with Gasteiger partial charge in [-0.25, -0.2) is 4.39 Å². The van der Waals surface area contributed by atoms with Crippen molar-refractivity contribution in [3.8, 4) is 0 Å². The summed E-state index contributed by atoms with van der Waals surface area (Å²) in [6, 6.07) is 6.12. The Hall–Kier alpha value is -1.29. The maximum absolute atomic E-state index is 12.2. The topological polar surface area (TPSA) is 100 Å². The monoisotopic (exact) mass is 364 g/mol. The summed E-state index contributed by atoms with van der Waals surface area (Å²) in [5, 5.41) is 22.7. The second-order valence-electron chi connectivity index (χ2n) is 5.00. The Morgan fingerprint density at radius 2 is 2.25 bits per heavy atom. The van der Waals surface area contributed by atoms with Gasteiger partial charge in [-0.05, 0) is 12.1 Å². The van der Waals surface area contributed by atoms with Crippen LogP contribution in [0.15, 0.2) is 24.3 Å². The quantitative estimate of drug-likeness (QED) is 0.553. The molecular weight excluding hydrogens is 343 g/mol. The van der Waals surface area contributed by atoms with E-state index in [4.69, 9.17) is 26.6 Å². The van der Waals surface area contributed by atoms with Crippen molar-refractivity contribution in [2.75, 3.05) is 39.5 Å². The van der Waals surface area contributed by atoms with Crippen LogP contribution in [0.4, 0.5) is 4.39 Å². The van der Waals surface area contributed by atoms with E-state index in [1.54, 1.807) is 12.1 Å². The van der Waals surface area contributed by atoms with Crippen LogP contribution in [0, 0.1) is 11.7 Å². The number of aliphatic hydroxyl groups is 2. The summed E-state index contributed by atoms with van der Waals surface area (Å²) in [6.07, 6.45) is 0. The first kappa shape index (κ1) is 20.8. The Balaban J connectivity index is 0.000000300. The zero-order valence-corrected chi connectivity index (χ0v) is 13.8. The van der Waals surface area contributed by atoms with Gasteiger partial charge in [-0.3, -0.25) is 4.79 Å². The largest absolute Gasteiger partial charge is 0.380 e. The van der Waals surface area contributed by atoms with Gasteiger partial charge in [0.25, 0.3) is 6.48 Å². The highest BCUT2D eigenvalue weighted by molar-refractivity contribution is 6.30. The van der Waals surface area contributed by atoms with Crippen LogP contribution in [0.2, 0.25) is 5.02 Å². The van der Waals surface area contributed by atoms with Crippen LogP contribution in [0.3, 0.4) is 0 Å². The number of amides is 1. The van der Waals surface area contributed by atoms with Gasteiger partial charge in [-0.15, -0.1) is 0 Å². The molecule has 1 aromatic carbocycles. The molecule has 1 fully saturated rings. The Kier molecular flexibility index (Phi) is 10.5. The number of benzene rings is 1. The number of carbonyl (C=O) groups is 1. The molecule has 0 saturated carbocycles. The highest BCUT2D eigenvalue weighted by Gasteiger charge is 2.13. The van der Waals surface area contributed by atoms with E-state index in [1.807, 2.05) is 0 Å². The molecule has 0 radical (unpaired) electrons. The van der Waals surface area contributed by atoms with Crippen molar-refractivity contribution in [1.29, 1.82) is 0 Å². The number of rotatable bonds is 5. The van der Waals surface area contributed by atoms with Gasteiger partial charge in [-0.2, -0.15) is 0 Å². The van der Waals surface area contributed by atoms with Gasteiger partial charge >= 0.3 is 0 Å². The maximum atomic E-state index is 12.2. The average molecular weight is 365 g/mol. The van der Waals surface area contributed by atoms with Gasteiger partial charge < -0.3 is 30.3 Å². The van der Waals surface area contributed by atoms with Crippen molar-refractivity contribution >= 4 is 17.5 Å². The lowest BCUT2D eigenvalue weighted by Gasteiger charge is -2.14. The second kappa shape index (κ2) is 12.1. The molecule has 1 unspecified atom stereocenters. The van der Waals surface area contributed by atoms with Crippen molar-refractivity contribution in [3.05, 3.63) is 35.1 Å². The van der Waals surface area contributed by atoms with E-state index in [0.29, 0.717) is 19.8 Å². The van der Waals surface area contributed by atoms with Crippen LogP contribution >= 0.6 is 11.6 Å². The molecule has 1 aromatic rings. The maximum Gasteiger partial charge on any atom is 0.267 e. The summed E-state index contributed by atoms with van der Waals surface area (Å²) < 4.78 is 21.8. The van der Waals surface area contributed by atoms with Crippen LogP contribution in [0.1, 0.15) is 0 Å². The van der Waals surface area contributed by atoms with Gasteiger partial charge in [0.15, 0.2) is 0 Å². The fourth-order valence-corrected chi connectivity index (χ4v) is 1.92. The smallest absolute Gasteiger partial charge is 0.267 e. The molecule has 4 N–H and O–H groups in total. The summed E-state index contributed by atoms with van der Waals surface area (Å²) in [7, 11) is 0. The third kappa shape index (κ3) is 9.76. The number of aliphatic hydroxyl groups excluding tert-OH is 1. The third-order valence-electron chi connectivity index (χ3n) is 2.99. The molecule has 0 spiro atoms. The lowest BCUT2D eigenvalue weighted by molar-refractivity contribution is -0.232. The minimum Gasteiger partial charge on any atom is -0.380 e. The molecule has 1 amide bonds. The van der Waals surface area contributed by atoms with Gasteiger partial charge in [0, 0.05) is 25.6 Å². The zero-order valence-electron chi connectivity index (χ0n) is 13.1. The predicted molar refractivity (Wildman–Crippen MR) is 85.8 cm³/mol. The van der Waals surface area contributed by atoms with E-state index in [9.17, 15) is 9.18 Å². The van der Waals surface area contributed by atoms with Crippen LogP contribution in [-0.4, -0.2) is 62.1 Å². The normalized spacial score (nSPS) is 17.6. The number of hydrogen-bond donors (Lipinski definition) is 4. The first-order valence-electron chi connectivity index (χ1n) is 7.42. The molecular formula is C15H22ClFN2O5. The van der Waals surface area contributed by atoms with Gasteiger partial charge in [0.05, 0.1) is 18.2 Å². The van der Waals surface area contributed by atoms with Crippen molar-refractivity contribution in [2.45, 2.75) is 6.48 Å². The van der Waals surface area contributed by atoms with E-state index in [2.05, 4.69) is 15.4 Å². The van der Waals surface area contributed by atoms with Crippen molar-refractivity contribution in [1.82, 2.24) is 10.6 Å². The minimum atomic E-state index is -1.91. The average Bonchev–Trinajstić information content (AvgIpc) is 2.83. The van der Waals surface area contributed by atoms with Crippen LogP contribution in [-0.2, 0) is 14.3 Å². The first-order valence-corrected chi connectivity index (χ1v) is 7.79. The van der Waals surface area contributed by atoms with Gasteiger partial charge in [-0.1, -0.05) is 23.7 Å². The number of halogens is 2. The van der Waals surface area contributed by atoms with Gasteiger partial charge in [0.2, 0.25) is 5.91 Å². The molecule has 7 nitrogen and oxygen atoms in total. The highest BCUT2D eigenvalue weighted by atomic mass is 35.5. The van der Waals surface area contributed by atoms with Crippen molar-refractivity contribution < 1.29 is 28.9 Å². The van der Waals surface area contributed by atoms with E-state index < -0.39 is 6.48 Å². The molecule has 0 aromatic heterocycles. The summed E-state index contributed by atoms with van der Waals surface area (Å²) in [4.78, 5) is 11.2. The Labute approximate surface area is 144 Å². The molecule has 1 aliphatic rings. The molecule has 1 aliphatic heterocycles. The molecule has 0 aliphatic carbocycles. The second-order valence-corrected chi connectivity index (χ2v) is 5.41. The summed E-state index contributed by atoms with van der Waals surface area (Å²) >= 11 is 5.33. The fourth-order valence-electron chi connectivity index (χ4n) is 1.79. The standard InChI is InChI=1S/C9H18N2O5.C6H4ClF/c12-8(6-16-9(13)14)11-4-7-3-10-1-2-15-5-7;7-5-3-1-2-4-6(5)8/h7,9-10,13-14H,1-6H2,(H,11,12);1-4H. The van der Waals surface area contributed by atoms with Crippen LogP contribution in [0.25, 0.3) is 0 Å². The number of hydrogen-bond acceptors (Lipinski definition) is 6. The Morgan fingerprint density at radius 1 is 1.50 bits per heavy atom. The summed E-state index contributed by atoms with van der Waals surface area (Å²) in [6.45, 7) is 1.12. The lowest BCUT2D eigenvalue weighted by Crippen LogP contribution is -2.37. The number of ether oxygens (including phenoxy) is 2. The number of carbonyl (C=O) groups excluding carboxylic acids is 1. The van der Waals surface area contributed by atoms with Crippen LogP contribution < -0.4 is 10.6 Å². The summed E-state index contributed by atoms with van der Waals surface area (Å²) in [5.41, 5.74) is 0. The zero-order chi connectivity index (χ0) is 17.8. The molecule has 136 valence electrons. The van der Waals surface area contributed by atoms with Crippen LogP contribution in [0.5, 0.6) is 0 Å². The predicted octanol–water partition coefficient (Wildman–Crippen LogP) is 0.102. The Morgan fingerprint density at radius 3 is 2.88 bits per heavy atom. The van der Waals surface area contributed by atoms with Gasteiger partial charge in [0.1, 0.15) is 12.4 Å². The molecule has 0 bridgehead atoms. The molecule has 9 heteroatoms. The van der Waals surface area contributed by atoms with Crippen molar-refractivity contribution in [3.63, 3.8) is 0 Å². The van der Waals surface area contributed by atoms with E-state index in [-0.39, 0.29) is 29.3 Å². The highest BCUT2D eigenvalue weighted by Crippen LogP contribution is 2.11. The number of nitrogens with one attached hydrogen (secondary N) is 2. The van der Waals surface area contributed by atoms with E-state index >= 15 is 0 Å². The summed E-state index contributed by atoms with van der Waals surface area (Å²) in [5.74, 6) is -0.517. The first-order chi connectivity index (χ1) is 11.5. The van der Waals surface area contributed by atoms with E-state index in [1.165, 1.54) is 12.1 Å². The molecule has 1 atom stereocenters. The van der Waals surface area contributed by atoms with Crippen molar-refractivity contribution in [2.24, 2.45) is 5.92 Å². The minimum absolute atomic E-state index is 0.174. The fraction of sp³-hybridized carbons (Fsp3) is 0.533. The SMILES string of the molecule is Fc1ccccc1Cl.O=C(COC(O)O)NCC1CNCCOC1. The molecule has 2 rings (SSSR count).